The quantitative estimate of drug-likeness (QED) is 0.497. The Kier molecular flexibility index (Phi) is 7.18. The molecule has 0 bridgehead atoms. The largest absolute Gasteiger partial charge is 0.259 e. The van der Waals surface area contributed by atoms with E-state index in [1.807, 2.05) is 6.92 Å². The molecule has 0 saturated heterocycles. The van der Waals surface area contributed by atoms with E-state index in [2.05, 4.69) is 27.7 Å². The lowest BCUT2D eigenvalue weighted by atomic mass is 9.69. The molecule has 8 heteroatoms. The normalized spacial score (nSPS) is 18.6. The van der Waals surface area contributed by atoms with E-state index in [-0.39, 0.29) is 16.9 Å². The molecular weight excluding hydrogens is 456 g/mol. The van der Waals surface area contributed by atoms with Crippen molar-refractivity contribution >= 4 is 32.8 Å². The van der Waals surface area contributed by atoms with Gasteiger partial charge in [0, 0.05) is 29.7 Å². The van der Waals surface area contributed by atoms with E-state index in [1.165, 1.54) is 12.6 Å². The Morgan fingerprint density at radius 2 is 1.94 bits per heavy atom. The zero-order chi connectivity index (χ0) is 23.6. The average Bonchev–Trinajstić information content (AvgIpc) is 2.74. The Balaban J connectivity index is 1.80. The van der Waals surface area contributed by atoms with E-state index in [0.717, 1.165) is 49.8 Å². The lowest BCUT2D eigenvalue weighted by Gasteiger charge is -2.35. The van der Waals surface area contributed by atoms with Crippen molar-refractivity contribution in [1.29, 1.82) is 5.26 Å². The van der Waals surface area contributed by atoms with Crippen LogP contribution < -0.4 is 4.72 Å². The summed E-state index contributed by atoms with van der Waals surface area (Å²) >= 11 is 6.23. The maximum atomic E-state index is 12.7. The molecule has 0 spiro atoms. The van der Waals surface area contributed by atoms with E-state index < -0.39 is 10.0 Å². The van der Waals surface area contributed by atoms with Crippen molar-refractivity contribution < 1.29 is 8.42 Å². The molecule has 0 radical (unpaired) electrons. The number of pyridine rings is 2. The summed E-state index contributed by atoms with van der Waals surface area (Å²) in [4.78, 5) is 9.07. The fraction of sp³-hybridized carbons (Fsp3) is 0.480. The van der Waals surface area contributed by atoms with E-state index in [4.69, 9.17) is 11.6 Å². The molecule has 2 heterocycles. The van der Waals surface area contributed by atoms with Crippen LogP contribution in [0.25, 0.3) is 11.1 Å². The molecule has 2 fully saturated rings. The number of nitrogens with zero attached hydrogens (tertiary/aromatic N) is 3. The van der Waals surface area contributed by atoms with Gasteiger partial charge in [0.1, 0.15) is 11.0 Å². The van der Waals surface area contributed by atoms with E-state index in [1.54, 1.807) is 24.4 Å². The fourth-order valence-electron chi connectivity index (χ4n) is 4.66. The Labute approximate surface area is 201 Å². The van der Waals surface area contributed by atoms with Crippen LogP contribution >= 0.6 is 11.6 Å². The minimum atomic E-state index is -3.61. The number of aryl methyl sites for hydroxylation is 1. The second-order valence-electron chi connectivity index (χ2n) is 9.02. The molecule has 2 saturated carbocycles. The summed E-state index contributed by atoms with van der Waals surface area (Å²) in [5.41, 5.74) is 3.42. The second-order valence-corrected chi connectivity index (χ2v) is 11.2. The minimum absolute atomic E-state index is 0.0108. The average molecular weight is 485 g/mol. The van der Waals surface area contributed by atoms with Crippen LogP contribution in [-0.2, 0) is 10.0 Å². The lowest BCUT2D eigenvalue weighted by Crippen LogP contribution is -2.39. The van der Waals surface area contributed by atoms with Gasteiger partial charge >= 0.3 is 0 Å². The number of aromatic nitrogens is 2. The number of rotatable bonds is 8. The molecular formula is C25H29ClN4O2S. The number of halogens is 1. The maximum Gasteiger partial charge on any atom is 0.242 e. The van der Waals surface area contributed by atoms with Crippen molar-refractivity contribution in [3.05, 3.63) is 52.6 Å². The number of hydrogen-bond acceptors (Lipinski definition) is 5. The highest BCUT2D eigenvalue weighted by Crippen LogP contribution is 2.45. The van der Waals surface area contributed by atoms with Gasteiger partial charge in [-0.1, -0.05) is 31.4 Å². The van der Waals surface area contributed by atoms with Gasteiger partial charge < -0.3 is 0 Å². The highest BCUT2D eigenvalue weighted by molar-refractivity contribution is 7.89. The van der Waals surface area contributed by atoms with Gasteiger partial charge in [0.25, 0.3) is 0 Å². The molecule has 1 unspecified atom stereocenters. The highest BCUT2D eigenvalue weighted by Gasteiger charge is 2.33. The summed E-state index contributed by atoms with van der Waals surface area (Å²) in [7, 11) is -3.61. The Morgan fingerprint density at radius 3 is 2.45 bits per heavy atom. The van der Waals surface area contributed by atoms with Gasteiger partial charge in [-0.05, 0) is 74.6 Å². The third-order valence-electron chi connectivity index (χ3n) is 6.98. The Hall–Kier alpha value is -2.27. The third-order valence-corrected chi connectivity index (χ3v) is 8.70. The molecule has 6 nitrogen and oxygen atoms in total. The standard InChI is InChI=1S/C25H29ClN4O2S/c1-3-21(17-6-4-7-17)25(23(13-27)22-12-18(26)14-28-16(22)2)24-11-10-20(15-29-24)33(31,32)30-19-8-5-9-19/h10-12,14-15,17,19,21,30H,3-9H2,1-2H3. The first-order valence-corrected chi connectivity index (χ1v) is 13.5. The Bertz CT molecular complexity index is 1190. The van der Waals surface area contributed by atoms with Crippen LogP contribution in [0.1, 0.15) is 68.8 Å². The lowest BCUT2D eigenvalue weighted by molar-refractivity contribution is 0.244. The van der Waals surface area contributed by atoms with E-state index in [9.17, 15) is 13.7 Å². The number of nitrogens with one attached hydrogen (secondary N) is 1. The summed E-state index contributed by atoms with van der Waals surface area (Å²) in [6, 6.07) is 7.51. The van der Waals surface area contributed by atoms with Crippen molar-refractivity contribution in [2.24, 2.45) is 11.8 Å². The topological polar surface area (TPSA) is 95.7 Å². The van der Waals surface area contributed by atoms with Gasteiger partial charge in [0.15, 0.2) is 0 Å². The maximum absolute atomic E-state index is 12.7. The van der Waals surface area contributed by atoms with Gasteiger partial charge in [-0.2, -0.15) is 5.26 Å². The van der Waals surface area contributed by atoms with Crippen molar-refractivity contribution in [1.82, 2.24) is 14.7 Å². The highest BCUT2D eigenvalue weighted by atomic mass is 35.5. The van der Waals surface area contributed by atoms with Crippen LogP contribution in [0.5, 0.6) is 0 Å². The van der Waals surface area contributed by atoms with Crippen LogP contribution in [0, 0.1) is 30.1 Å². The van der Waals surface area contributed by atoms with E-state index in [0.29, 0.717) is 27.8 Å². The molecule has 0 amide bonds. The summed E-state index contributed by atoms with van der Waals surface area (Å²) in [6.07, 6.45) is 10.1. The molecule has 2 aliphatic carbocycles. The Morgan fingerprint density at radius 1 is 1.21 bits per heavy atom. The SMILES string of the molecule is CCC(C(=C(C#N)c1cc(Cl)cnc1C)c1ccc(S(=O)(=O)NC2CCC2)cn1)C1CCC1. The smallest absolute Gasteiger partial charge is 0.242 e. The molecule has 2 aromatic rings. The second kappa shape index (κ2) is 9.92. The summed E-state index contributed by atoms with van der Waals surface area (Å²) < 4.78 is 28.2. The van der Waals surface area contributed by atoms with Crippen LogP contribution in [0.4, 0.5) is 0 Å². The number of sulfonamides is 1. The zero-order valence-electron chi connectivity index (χ0n) is 19.0. The molecule has 2 aliphatic rings. The first-order chi connectivity index (χ1) is 15.8. The molecule has 0 aliphatic heterocycles. The van der Waals surface area contributed by atoms with Gasteiger partial charge in [0.2, 0.25) is 10.0 Å². The molecule has 1 atom stereocenters. The van der Waals surface area contributed by atoms with Gasteiger partial charge in [-0.25, -0.2) is 13.1 Å². The predicted molar refractivity (Wildman–Crippen MR) is 130 cm³/mol. The molecule has 0 aromatic carbocycles. The summed E-state index contributed by atoms with van der Waals surface area (Å²) in [5, 5.41) is 10.7. The predicted octanol–water partition coefficient (Wildman–Crippen LogP) is 5.53. The van der Waals surface area contributed by atoms with Crippen molar-refractivity contribution in [2.45, 2.75) is 69.7 Å². The van der Waals surface area contributed by atoms with Gasteiger partial charge in [-0.15, -0.1) is 0 Å². The number of allylic oxidation sites excluding steroid dienone is 2. The zero-order valence-corrected chi connectivity index (χ0v) is 20.6. The monoisotopic (exact) mass is 484 g/mol. The first kappa shape index (κ1) is 23.9. The third kappa shape index (κ3) is 4.98. The van der Waals surface area contributed by atoms with Gasteiger partial charge in [0.05, 0.1) is 16.3 Å². The van der Waals surface area contributed by atoms with Crippen LogP contribution in [0.2, 0.25) is 5.02 Å². The van der Waals surface area contributed by atoms with Crippen molar-refractivity contribution in [2.75, 3.05) is 0 Å². The molecule has 174 valence electrons. The molecule has 1 N–H and O–H groups in total. The van der Waals surface area contributed by atoms with Crippen LogP contribution in [-0.4, -0.2) is 24.4 Å². The van der Waals surface area contributed by atoms with Crippen molar-refractivity contribution in [3.63, 3.8) is 0 Å². The molecule has 33 heavy (non-hydrogen) atoms. The summed E-state index contributed by atoms with van der Waals surface area (Å²) in [6.45, 7) is 3.99. The van der Waals surface area contributed by atoms with Gasteiger partial charge in [-0.3, -0.25) is 9.97 Å². The summed E-state index contributed by atoms with van der Waals surface area (Å²) in [5.74, 6) is 0.626. The van der Waals surface area contributed by atoms with Crippen molar-refractivity contribution in [3.8, 4) is 6.07 Å². The van der Waals surface area contributed by atoms with E-state index >= 15 is 0 Å². The fourth-order valence-corrected chi connectivity index (χ4v) is 6.06. The number of hydrogen-bond donors (Lipinski definition) is 1. The van der Waals surface area contributed by atoms with Crippen LogP contribution in [0.15, 0.2) is 35.5 Å². The minimum Gasteiger partial charge on any atom is -0.259 e. The molecule has 2 aromatic heterocycles. The first-order valence-electron chi connectivity index (χ1n) is 11.6. The number of nitriles is 1. The van der Waals surface area contributed by atoms with Crippen LogP contribution in [0.3, 0.4) is 0 Å². The molecule has 4 rings (SSSR count).